The van der Waals surface area contributed by atoms with E-state index < -0.39 is 14.6 Å². The van der Waals surface area contributed by atoms with Gasteiger partial charge in [0.2, 0.25) is 5.91 Å². The summed E-state index contributed by atoms with van der Waals surface area (Å²) in [6, 6.07) is 10.4. The van der Waals surface area contributed by atoms with Gasteiger partial charge in [-0.05, 0) is 44.3 Å². The van der Waals surface area contributed by atoms with Crippen LogP contribution in [0.5, 0.6) is 0 Å². The molecular weight excluding hydrogens is 360 g/mol. The van der Waals surface area contributed by atoms with Crippen LogP contribution in [0, 0.1) is 0 Å². The van der Waals surface area contributed by atoms with E-state index >= 15 is 0 Å². The Morgan fingerprint density at radius 1 is 1.00 bits per heavy atom. The van der Waals surface area contributed by atoms with Crippen LogP contribution >= 0.6 is 0 Å². The summed E-state index contributed by atoms with van der Waals surface area (Å²) in [5.41, 5.74) is 1.16. The van der Waals surface area contributed by atoms with Crippen LogP contribution in [0.1, 0.15) is 56.9 Å². The zero-order valence-electron chi connectivity index (χ0n) is 16.3. The molecule has 1 aliphatic heterocycles. The van der Waals surface area contributed by atoms with Crippen LogP contribution in [-0.4, -0.2) is 45.0 Å². The number of hydrogen-bond acceptors (Lipinski definition) is 4. The average molecular weight is 393 g/mol. The van der Waals surface area contributed by atoms with Crippen LogP contribution in [0.25, 0.3) is 0 Å². The van der Waals surface area contributed by atoms with Crippen LogP contribution in [-0.2, 0) is 20.0 Å². The number of benzene rings is 1. The molecule has 6 heteroatoms. The second-order valence-electron chi connectivity index (χ2n) is 8.26. The second-order valence-corrected chi connectivity index (χ2v) is 10.6. The molecule has 1 saturated heterocycles. The molecule has 0 atom stereocenters. The standard InChI is InChI=1S/C21H32N2O3S/c1-27(25,26)21(13-15-22-16-14-21)19(24)23-17-20(11-7-2-3-8-12-20)18-9-5-4-6-10-18/h4-6,9-10,22H,2-3,7-8,11-17H2,1H3,(H,23,24). The van der Waals surface area contributed by atoms with Gasteiger partial charge >= 0.3 is 0 Å². The fourth-order valence-electron chi connectivity index (χ4n) is 4.77. The quantitative estimate of drug-likeness (QED) is 0.755. The van der Waals surface area contributed by atoms with Gasteiger partial charge in [0.1, 0.15) is 0 Å². The van der Waals surface area contributed by atoms with Crippen molar-refractivity contribution >= 4 is 15.7 Å². The molecular formula is C21H32N2O3S. The first-order chi connectivity index (χ1) is 12.9. The Balaban J connectivity index is 1.83. The lowest BCUT2D eigenvalue weighted by molar-refractivity contribution is -0.124. The number of nitrogens with one attached hydrogen (secondary N) is 2. The Labute approximate surface area is 163 Å². The number of rotatable bonds is 5. The summed E-state index contributed by atoms with van der Waals surface area (Å²) < 4.78 is 23.7. The van der Waals surface area contributed by atoms with Gasteiger partial charge in [0, 0.05) is 18.2 Å². The number of sulfone groups is 1. The lowest BCUT2D eigenvalue weighted by Crippen LogP contribution is -2.58. The van der Waals surface area contributed by atoms with Gasteiger partial charge in [0.25, 0.3) is 0 Å². The van der Waals surface area contributed by atoms with Gasteiger partial charge in [-0.2, -0.15) is 0 Å². The molecule has 150 valence electrons. The number of piperidine rings is 1. The highest BCUT2D eigenvalue weighted by Crippen LogP contribution is 2.38. The summed E-state index contributed by atoms with van der Waals surface area (Å²) in [5.74, 6) is -0.314. The van der Waals surface area contributed by atoms with Crippen molar-refractivity contribution < 1.29 is 13.2 Å². The minimum Gasteiger partial charge on any atom is -0.354 e. The number of amides is 1. The maximum atomic E-state index is 13.2. The molecule has 27 heavy (non-hydrogen) atoms. The number of carbonyl (C=O) groups is 1. The molecule has 0 unspecified atom stereocenters. The smallest absolute Gasteiger partial charge is 0.241 e. The van der Waals surface area contributed by atoms with E-state index in [9.17, 15) is 13.2 Å². The molecule has 1 amide bonds. The fraction of sp³-hybridized carbons (Fsp3) is 0.667. The van der Waals surface area contributed by atoms with Crippen molar-refractivity contribution in [2.75, 3.05) is 25.9 Å². The molecule has 2 N–H and O–H groups in total. The molecule has 5 nitrogen and oxygen atoms in total. The van der Waals surface area contributed by atoms with Crippen molar-refractivity contribution in [1.82, 2.24) is 10.6 Å². The first-order valence-electron chi connectivity index (χ1n) is 10.1. The van der Waals surface area contributed by atoms with Gasteiger partial charge < -0.3 is 10.6 Å². The zero-order chi connectivity index (χ0) is 19.4. The van der Waals surface area contributed by atoms with E-state index in [1.807, 2.05) is 6.07 Å². The Morgan fingerprint density at radius 2 is 1.59 bits per heavy atom. The average Bonchev–Trinajstić information content (AvgIpc) is 2.93. The highest BCUT2D eigenvalue weighted by Gasteiger charge is 2.49. The molecule has 1 heterocycles. The summed E-state index contributed by atoms with van der Waals surface area (Å²) in [4.78, 5) is 13.2. The summed E-state index contributed by atoms with van der Waals surface area (Å²) in [6.45, 7) is 1.63. The first kappa shape index (κ1) is 20.3. The van der Waals surface area contributed by atoms with Crippen molar-refractivity contribution in [3.8, 4) is 0 Å². The summed E-state index contributed by atoms with van der Waals surface area (Å²) >= 11 is 0. The molecule has 1 aromatic carbocycles. The maximum absolute atomic E-state index is 13.2. The molecule has 1 saturated carbocycles. The Hall–Kier alpha value is -1.40. The highest BCUT2D eigenvalue weighted by molar-refractivity contribution is 7.92. The van der Waals surface area contributed by atoms with Crippen LogP contribution in [0.2, 0.25) is 0 Å². The van der Waals surface area contributed by atoms with Gasteiger partial charge in [0.05, 0.1) is 0 Å². The van der Waals surface area contributed by atoms with E-state index in [1.165, 1.54) is 24.7 Å². The molecule has 1 aliphatic carbocycles. The molecule has 0 aromatic heterocycles. The van der Waals surface area contributed by atoms with Gasteiger partial charge in [0.15, 0.2) is 14.6 Å². The largest absolute Gasteiger partial charge is 0.354 e. The van der Waals surface area contributed by atoms with E-state index in [0.29, 0.717) is 32.5 Å². The van der Waals surface area contributed by atoms with Crippen LogP contribution in [0.3, 0.4) is 0 Å². The van der Waals surface area contributed by atoms with Crippen molar-refractivity contribution in [2.24, 2.45) is 0 Å². The van der Waals surface area contributed by atoms with Crippen molar-refractivity contribution in [3.05, 3.63) is 35.9 Å². The van der Waals surface area contributed by atoms with Crippen molar-refractivity contribution in [2.45, 2.75) is 61.5 Å². The summed E-state index contributed by atoms with van der Waals surface area (Å²) in [5, 5.41) is 6.26. The Kier molecular flexibility index (Phi) is 6.26. The monoisotopic (exact) mass is 392 g/mol. The molecule has 0 radical (unpaired) electrons. The summed E-state index contributed by atoms with van der Waals surface area (Å²) in [7, 11) is -3.48. The third-order valence-electron chi connectivity index (χ3n) is 6.57. The summed E-state index contributed by atoms with van der Waals surface area (Å²) in [6.07, 6.45) is 8.69. The Morgan fingerprint density at radius 3 is 2.15 bits per heavy atom. The molecule has 3 rings (SSSR count). The molecule has 0 bridgehead atoms. The lowest BCUT2D eigenvalue weighted by Gasteiger charge is -2.38. The third-order valence-corrected chi connectivity index (χ3v) is 8.58. The van der Waals surface area contributed by atoms with Crippen LogP contribution < -0.4 is 10.6 Å². The van der Waals surface area contributed by atoms with E-state index in [-0.39, 0.29) is 11.3 Å². The van der Waals surface area contributed by atoms with Crippen molar-refractivity contribution in [1.29, 1.82) is 0 Å². The molecule has 1 aromatic rings. The number of hydrogen-bond donors (Lipinski definition) is 2. The normalized spacial score (nSPS) is 22.6. The first-order valence-corrected chi connectivity index (χ1v) is 12.0. The van der Waals surface area contributed by atoms with Gasteiger partial charge in [-0.15, -0.1) is 0 Å². The molecule has 2 aliphatic rings. The molecule has 2 fully saturated rings. The van der Waals surface area contributed by atoms with E-state index in [2.05, 4.69) is 34.9 Å². The lowest BCUT2D eigenvalue weighted by atomic mass is 9.74. The fourth-order valence-corrected chi connectivity index (χ4v) is 6.13. The van der Waals surface area contributed by atoms with E-state index in [1.54, 1.807) is 0 Å². The van der Waals surface area contributed by atoms with Gasteiger partial charge in [-0.1, -0.05) is 56.0 Å². The molecule has 0 spiro atoms. The predicted molar refractivity (Wildman–Crippen MR) is 109 cm³/mol. The minimum atomic E-state index is -3.48. The minimum absolute atomic E-state index is 0.0982. The topological polar surface area (TPSA) is 75.3 Å². The van der Waals surface area contributed by atoms with Gasteiger partial charge in [-0.25, -0.2) is 8.42 Å². The second kappa shape index (κ2) is 8.31. The van der Waals surface area contributed by atoms with Gasteiger partial charge in [-0.3, -0.25) is 4.79 Å². The predicted octanol–water partition coefficient (Wildman–Crippen LogP) is 2.56. The van der Waals surface area contributed by atoms with Crippen molar-refractivity contribution in [3.63, 3.8) is 0 Å². The van der Waals surface area contributed by atoms with Crippen LogP contribution in [0.15, 0.2) is 30.3 Å². The van der Waals surface area contributed by atoms with E-state index in [4.69, 9.17) is 0 Å². The SMILES string of the molecule is CS(=O)(=O)C1(C(=O)NCC2(c3ccccc3)CCCCCC2)CCNCC1. The zero-order valence-corrected chi connectivity index (χ0v) is 17.1. The third kappa shape index (κ3) is 4.21. The number of carbonyl (C=O) groups excluding carboxylic acids is 1. The van der Waals surface area contributed by atoms with Crippen LogP contribution in [0.4, 0.5) is 0 Å². The Bertz CT molecular complexity index is 732. The van der Waals surface area contributed by atoms with E-state index in [0.717, 1.165) is 25.7 Å². The highest BCUT2D eigenvalue weighted by atomic mass is 32.2. The maximum Gasteiger partial charge on any atom is 0.241 e.